The van der Waals surface area contributed by atoms with Gasteiger partial charge in [0.2, 0.25) is 5.91 Å². The van der Waals surface area contributed by atoms with Gasteiger partial charge in [-0.2, -0.15) is 0 Å². The van der Waals surface area contributed by atoms with Gasteiger partial charge < -0.3 is 25.2 Å². The highest BCUT2D eigenvalue weighted by atomic mass is 16.5. The van der Waals surface area contributed by atoms with Crippen LogP contribution in [0.2, 0.25) is 0 Å². The van der Waals surface area contributed by atoms with Crippen molar-refractivity contribution in [3.63, 3.8) is 0 Å². The third kappa shape index (κ3) is 3.73. The number of hydrogen-bond acceptors (Lipinski definition) is 6. The van der Waals surface area contributed by atoms with Gasteiger partial charge in [0.05, 0.1) is 5.69 Å². The molecule has 25 heavy (non-hydrogen) atoms. The van der Waals surface area contributed by atoms with E-state index < -0.39 is 12.1 Å². The Hall–Kier alpha value is -3.03. The number of amides is 2. The number of nitrogens with zero attached hydrogens (tertiary/aromatic N) is 1. The van der Waals surface area contributed by atoms with Crippen LogP contribution in [0.15, 0.2) is 28.8 Å². The fourth-order valence-electron chi connectivity index (χ4n) is 2.49. The van der Waals surface area contributed by atoms with E-state index in [1.807, 2.05) is 6.92 Å². The molecular weight excluding hydrogens is 324 g/mol. The van der Waals surface area contributed by atoms with Gasteiger partial charge in [-0.25, -0.2) is 0 Å². The third-order valence-corrected chi connectivity index (χ3v) is 3.86. The van der Waals surface area contributed by atoms with Crippen LogP contribution in [-0.2, 0) is 9.59 Å². The van der Waals surface area contributed by atoms with Crippen LogP contribution in [0.5, 0.6) is 5.75 Å². The predicted octanol–water partition coefficient (Wildman–Crippen LogP) is 2.53. The number of carbonyl (C=O) groups is 2. The molecule has 0 fully saturated rings. The first-order valence-corrected chi connectivity index (χ1v) is 8.08. The summed E-state index contributed by atoms with van der Waals surface area (Å²) >= 11 is 0. The van der Waals surface area contributed by atoms with Crippen LogP contribution in [0.4, 0.5) is 17.2 Å². The predicted molar refractivity (Wildman–Crippen MR) is 92.7 cm³/mol. The summed E-state index contributed by atoms with van der Waals surface area (Å²) in [6, 6.07) is 6.50. The molecule has 1 aromatic carbocycles. The molecule has 2 atom stereocenters. The fraction of sp³-hybridized carbons (Fsp3) is 0.353. The van der Waals surface area contributed by atoms with Crippen molar-refractivity contribution in [1.82, 2.24) is 5.16 Å². The zero-order valence-electron chi connectivity index (χ0n) is 14.3. The number of ether oxygens (including phenoxy) is 1. The molecule has 1 aliphatic rings. The van der Waals surface area contributed by atoms with Crippen molar-refractivity contribution in [3.05, 3.63) is 30.0 Å². The van der Waals surface area contributed by atoms with Gasteiger partial charge in [0.25, 0.3) is 5.91 Å². The van der Waals surface area contributed by atoms with Crippen LogP contribution < -0.4 is 20.7 Å². The van der Waals surface area contributed by atoms with Crippen molar-refractivity contribution in [3.8, 4) is 5.75 Å². The van der Waals surface area contributed by atoms with Gasteiger partial charge >= 0.3 is 0 Å². The topological polar surface area (TPSA) is 105 Å². The normalized spacial score (nSPS) is 17.1. The molecule has 3 N–H and O–H groups in total. The van der Waals surface area contributed by atoms with Crippen molar-refractivity contribution in [1.29, 1.82) is 0 Å². The zero-order valence-corrected chi connectivity index (χ0v) is 14.3. The second kappa shape index (κ2) is 6.84. The molecule has 3 rings (SSSR count). The molecule has 0 bridgehead atoms. The van der Waals surface area contributed by atoms with Crippen molar-refractivity contribution in [2.75, 3.05) is 16.0 Å². The van der Waals surface area contributed by atoms with Crippen molar-refractivity contribution in [2.45, 2.75) is 39.3 Å². The first-order valence-electron chi connectivity index (χ1n) is 8.08. The van der Waals surface area contributed by atoms with Gasteiger partial charge in [-0.3, -0.25) is 9.59 Å². The Morgan fingerprint density at radius 2 is 2.20 bits per heavy atom. The van der Waals surface area contributed by atoms with E-state index in [1.54, 1.807) is 38.1 Å². The summed E-state index contributed by atoms with van der Waals surface area (Å²) in [6.07, 6.45) is 0.0472. The second-order valence-corrected chi connectivity index (χ2v) is 5.88. The summed E-state index contributed by atoms with van der Waals surface area (Å²) in [7, 11) is 0. The summed E-state index contributed by atoms with van der Waals surface area (Å²) < 4.78 is 10.5. The van der Waals surface area contributed by atoms with Gasteiger partial charge in [-0.15, -0.1) is 0 Å². The van der Waals surface area contributed by atoms with Crippen LogP contribution in [0.1, 0.15) is 26.0 Å². The lowest BCUT2D eigenvalue weighted by molar-refractivity contribution is -0.122. The number of aromatic nitrogens is 1. The van der Waals surface area contributed by atoms with Crippen LogP contribution in [0.3, 0.4) is 0 Å². The summed E-state index contributed by atoms with van der Waals surface area (Å²) in [4.78, 5) is 24.1. The SMILES string of the molecule is CC[C@@H](Nc1ccc2c(c1)NC(=O)[C@@H](C)O2)C(=O)Nc1cc(C)on1. The first-order chi connectivity index (χ1) is 12.0. The molecular formula is C17H20N4O4. The number of rotatable bonds is 5. The lowest BCUT2D eigenvalue weighted by atomic mass is 10.1. The van der Waals surface area contributed by atoms with E-state index in [-0.39, 0.29) is 11.8 Å². The van der Waals surface area contributed by atoms with E-state index in [0.717, 1.165) is 0 Å². The molecule has 0 saturated heterocycles. The van der Waals surface area contributed by atoms with Gasteiger partial charge in [0.1, 0.15) is 17.6 Å². The maximum atomic E-state index is 12.4. The average molecular weight is 344 g/mol. The lowest BCUT2D eigenvalue weighted by Crippen LogP contribution is -2.35. The number of nitrogens with one attached hydrogen (secondary N) is 3. The number of benzene rings is 1. The highest BCUT2D eigenvalue weighted by Crippen LogP contribution is 2.32. The molecule has 0 radical (unpaired) electrons. The highest BCUT2D eigenvalue weighted by Gasteiger charge is 2.24. The average Bonchev–Trinajstić information content (AvgIpc) is 2.98. The molecule has 2 aromatic rings. The molecule has 0 spiro atoms. The summed E-state index contributed by atoms with van der Waals surface area (Å²) in [5.74, 6) is 1.19. The highest BCUT2D eigenvalue weighted by molar-refractivity contribution is 5.98. The van der Waals surface area contributed by atoms with Crippen LogP contribution >= 0.6 is 0 Å². The van der Waals surface area contributed by atoms with E-state index in [0.29, 0.717) is 35.1 Å². The van der Waals surface area contributed by atoms with Crippen LogP contribution in [-0.4, -0.2) is 29.1 Å². The third-order valence-electron chi connectivity index (χ3n) is 3.86. The molecule has 132 valence electrons. The summed E-state index contributed by atoms with van der Waals surface area (Å²) in [6.45, 7) is 5.34. The van der Waals surface area contributed by atoms with Crippen molar-refractivity contribution < 1.29 is 18.8 Å². The maximum absolute atomic E-state index is 12.4. The van der Waals surface area contributed by atoms with Gasteiger partial charge in [0, 0.05) is 11.8 Å². The van der Waals surface area contributed by atoms with Crippen LogP contribution in [0, 0.1) is 6.92 Å². The van der Waals surface area contributed by atoms with Crippen molar-refractivity contribution in [2.24, 2.45) is 0 Å². The standard InChI is InChI=1S/C17H20N4O4/c1-4-12(17(23)20-15-7-9(2)25-21-15)18-11-5-6-14-13(8-11)19-16(22)10(3)24-14/h5-8,10,12,18H,4H2,1-3H3,(H,19,22)(H,20,21,23)/t10-,12-/m1/s1. The molecule has 2 heterocycles. The quantitative estimate of drug-likeness (QED) is 0.770. The molecule has 1 aliphatic heterocycles. The Kier molecular flexibility index (Phi) is 4.60. The zero-order chi connectivity index (χ0) is 18.0. The summed E-state index contributed by atoms with van der Waals surface area (Å²) in [5, 5.41) is 12.4. The molecule has 8 heteroatoms. The minimum Gasteiger partial charge on any atom is -0.479 e. The van der Waals surface area contributed by atoms with E-state index >= 15 is 0 Å². The van der Waals surface area contributed by atoms with Gasteiger partial charge in [-0.1, -0.05) is 12.1 Å². The van der Waals surface area contributed by atoms with E-state index in [2.05, 4.69) is 21.1 Å². The lowest BCUT2D eigenvalue weighted by Gasteiger charge is -2.24. The Bertz CT molecular complexity index is 802. The number of carbonyl (C=O) groups excluding carboxylic acids is 2. The largest absolute Gasteiger partial charge is 0.479 e. The minimum atomic E-state index is -0.522. The molecule has 8 nitrogen and oxygen atoms in total. The Labute approximate surface area is 144 Å². The summed E-state index contributed by atoms with van der Waals surface area (Å²) in [5.41, 5.74) is 1.28. The number of fused-ring (bicyclic) bond motifs is 1. The molecule has 0 saturated carbocycles. The Balaban J connectivity index is 1.70. The first kappa shape index (κ1) is 16.8. The minimum absolute atomic E-state index is 0.198. The second-order valence-electron chi connectivity index (χ2n) is 5.88. The van der Waals surface area contributed by atoms with Gasteiger partial charge in [0.15, 0.2) is 11.9 Å². The molecule has 0 aliphatic carbocycles. The Morgan fingerprint density at radius 3 is 2.88 bits per heavy atom. The fourth-order valence-corrected chi connectivity index (χ4v) is 2.49. The number of aryl methyl sites for hydroxylation is 1. The number of hydrogen-bond donors (Lipinski definition) is 3. The van der Waals surface area contributed by atoms with E-state index in [9.17, 15) is 9.59 Å². The molecule has 1 aromatic heterocycles. The maximum Gasteiger partial charge on any atom is 0.265 e. The Morgan fingerprint density at radius 1 is 1.40 bits per heavy atom. The smallest absolute Gasteiger partial charge is 0.265 e. The number of anilines is 3. The van der Waals surface area contributed by atoms with Crippen molar-refractivity contribution >= 4 is 29.0 Å². The molecule has 0 unspecified atom stereocenters. The van der Waals surface area contributed by atoms with Crippen LogP contribution in [0.25, 0.3) is 0 Å². The van der Waals surface area contributed by atoms with Gasteiger partial charge in [-0.05, 0) is 38.5 Å². The molecule has 2 amide bonds. The monoisotopic (exact) mass is 344 g/mol. The van der Waals surface area contributed by atoms with E-state index in [4.69, 9.17) is 9.26 Å². The van der Waals surface area contributed by atoms with E-state index in [1.165, 1.54) is 0 Å².